The number of aliphatic hydroxyl groups is 1. The van der Waals surface area contributed by atoms with Crippen molar-refractivity contribution >= 4 is 34.8 Å². The van der Waals surface area contributed by atoms with Crippen LogP contribution in [0.2, 0.25) is 0 Å². The van der Waals surface area contributed by atoms with Gasteiger partial charge in [0.25, 0.3) is 0 Å². The molecular weight excluding hydrogens is 356 g/mol. The number of aliphatic hydroxyl groups excluding tert-OH is 1. The number of carbonyl (C=O) groups excluding carboxylic acids is 3. The maximum absolute atomic E-state index is 11.9. The van der Waals surface area contributed by atoms with Crippen LogP contribution in [0.15, 0.2) is 36.4 Å². The summed E-state index contributed by atoms with van der Waals surface area (Å²) in [5.74, 6) is -2.01. The molecule has 0 aliphatic rings. The molecule has 1 aromatic carbocycles. The van der Waals surface area contributed by atoms with E-state index in [9.17, 15) is 19.5 Å². The van der Waals surface area contributed by atoms with Crippen molar-refractivity contribution in [3.8, 4) is 0 Å². The van der Waals surface area contributed by atoms with Crippen molar-refractivity contribution in [3.63, 3.8) is 0 Å². The van der Waals surface area contributed by atoms with Crippen LogP contribution in [0.5, 0.6) is 0 Å². The summed E-state index contributed by atoms with van der Waals surface area (Å²) in [4.78, 5) is 36.9. The maximum atomic E-state index is 11.9. The van der Waals surface area contributed by atoms with Gasteiger partial charge in [-0.25, -0.2) is 4.79 Å². The van der Waals surface area contributed by atoms with Crippen molar-refractivity contribution in [1.29, 1.82) is 0 Å². The number of amides is 2. The van der Waals surface area contributed by atoms with E-state index in [0.717, 1.165) is 9.75 Å². The Labute approximate surface area is 155 Å². The molecule has 2 amide bonds. The number of benzene rings is 1. The van der Waals surface area contributed by atoms with Gasteiger partial charge in [-0.2, -0.15) is 0 Å². The monoisotopic (exact) mass is 376 g/mol. The van der Waals surface area contributed by atoms with Gasteiger partial charge in [0, 0.05) is 22.0 Å². The average molecular weight is 376 g/mol. The second kappa shape index (κ2) is 9.12. The number of nitrogens with one attached hydrogen (secondary N) is 2. The van der Waals surface area contributed by atoms with Crippen molar-refractivity contribution in [2.24, 2.45) is 0 Å². The first-order valence-electron chi connectivity index (χ1n) is 7.95. The fourth-order valence-electron chi connectivity index (χ4n) is 2.13. The number of ether oxygens (including phenoxy) is 1. The van der Waals surface area contributed by atoms with E-state index in [2.05, 4.69) is 15.4 Å². The van der Waals surface area contributed by atoms with Gasteiger partial charge in [0.1, 0.15) is 0 Å². The van der Waals surface area contributed by atoms with E-state index in [4.69, 9.17) is 0 Å². The molecule has 1 atom stereocenters. The van der Waals surface area contributed by atoms with Gasteiger partial charge >= 0.3 is 17.8 Å². The van der Waals surface area contributed by atoms with E-state index < -0.39 is 23.9 Å². The summed E-state index contributed by atoms with van der Waals surface area (Å²) in [5.41, 5.74) is 0.750. The van der Waals surface area contributed by atoms with E-state index >= 15 is 0 Å². The van der Waals surface area contributed by atoms with Crippen LogP contribution in [0.25, 0.3) is 0 Å². The molecule has 0 fully saturated rings. The number of carbonyl (C=O) groups is 3. The Bertz CT molecular complexity index is 783. The van der Waals surface area contributed by atoms with Crippen molar-refractivity contribution in [3.05, 3.63) is 51.7 Å². The molecule has 0 unspecified atom stereocenters. The van der Waals surface area contributed by atoms with Gasteiger partial charge in [0.2, 0.25) is 0 Å². The molecule has 0 saturated carbocycles. The first kappa shape index (κ1) is 19.6. The molecule has 3 N–H and O–H groups in total. The van der Waals surface area contributed by atoms with Crippen LogP contribution in [0, 0.1) is 0 Å². The molecular formula is C18H20N2O5S. The molecule has 7 nitrogen and oxygen atoms in total. The van der Waals surface area contributed by atoms with Crippen molar-refractivity contribution in [1.82, 2.24) is 5.32 Å². The Kier molecular flexibility index (Phi) is 6.88. The molecule has 0 radical (unpaired) electrons. The van der Waals surface area contributed by atoms with E-state index in [1.54, 1.807) is 6.92 Å². The third kappa shape index (κ3) is 5.40. The molecule has 1 heterocycles. The number of hydrogen-bond acceptors (Lipinski definition) is 6. The fraction of sp³-hybridized carbons (Fsp3) is 0.278. The summed E-state index contributed by atoms with van der Waals surface area (Å²) in [6.45, 7) is 2.01. The third-order valence-corrected chi connectivity index (χ3v) is 4.84. The van der Waals surface area contributed by atoms with Gasteiger partial charge < -0.3 is 20.5 Å². The summed E-state index contributed by atoms with van der Waals surface area (Å²) in [5, 5.41) is 14.5. The molecule has 26 heavy (non-hydrogen) atoms. The lowest BCUT2D eigenvalue weighted by atomic mass is 10.2. The molecule has 0 spiro atoms. The van der Waals surface area contributed by atoms with Gasteiger partial charge in [-0.15, -0.1) is 11.3 Å². The number of methoxy groups -OCH3 is 1. The van der Waals surface area contributed by atoms with E-state index in [0.29, 0.717) is 24.2 Å². The SMILES string of the molecule is COC(=O)c1ccc(NC(=O)C(=O)NCCc2ccc([C@H](C)O)s2)cc1. The van der Waals surface area contributed by atoms with Crippen LogP contribution in [0.3, 0.4) is 0 Å². The quantitative estimate of drug-likeness (QED) is 0.527. The molecule has 2 aromatic rings. The number of rotatable bonds is 6. The Morgan fingerprint density at radius 3 is 2.38 bits per heavy atom. The molecule has 0 bridgehead atoms. The van der Waals surface area contributed by atoms with Crippen LogP contribution in [-0.2, 0) is 20.7 Å². The topological polar surface area (TPSA) is 105 Å². The predicted molar refractivity (Wildman–Crippen MR) is 98.1 cm³/mol. The third-order valence-electron chi connectivity index (χ3n) is 3.52. The number of thiophene rings is 1. The van der Waals surface area contributed by atoms with Crippen molar-refractivity contribution in [2.45, 2.75) is 19.4 Å². The molecule has 8 heteroatoms. The highest BCUT2D eigenvalue weighted by atomic mass is 32.1. The van der Waals surface area contributed by atoms with Crippen LogP contribution in [0.1, 0.15) is 33.1 Å². The van der Waals surface area contributed by atoms with Gasteiger partial charge in [0.05, 0.1) is 18.8 Å². The first-order valence-corrected chi connectivity index (χ1v) is 8.76. The summed E-state index contributed by atoms with van der Waals surface area (Å²) in [6.07, 6.45) is 0.0595. The first-order chi connectivity index (χ1) is 12.4. The number of esters is 1. The zero-order valence-corrected chi connectivity index (χ0v) is 15.3. The molecule has 0 aliphatic carbocycles. The lowest BCUT2D eigenvalue weighted by molar-refractivity contribution is -0.136. The molecule has 2 rings (SSSR count). The second-order valence-electron chi connectivity index (χ2n) is 5.51. The minimum absolute atomic E-state index is 0.313. The summed E-state index contributed by atoms with van der Waals surface area (Å²) >= 11 is 1.47. The largest absolute Gasteiger partial charge is 0.465 e. The Morgan fingerprint density at radius 1 is 1.12 bits per heavy atom. The van der Waals surface area contributed by atoms with E-state index in [-0.39, 0.29) is 0 Å². The van der Waals surface area contributed by atoms with Crippen LogP contribution in [0.4, 0.5) is 5.69 Å². The number of hydrogen-bond donors (Lipinski definition) is 3. The van der Waals surface area contributed by atoms with Crippen molar-refractivity contribution < 1.29 is 24.2 Å². The normalized spacial score (nSPS) is 11.5. The van der Waals surface area contributed by atoms with Crippen LogP contribution >= 0.6 is 11.3 Å². The Balaban J connectivity index is 1.79. The second-order valence-corrected chi connectivity index (χ2v) is 6.71. The predicted octanol–water partition coefficient (Wildman–Crippen LogP) is 1.89. The highest BCUT2D eigenvalue weighted by Crippen LogP contribution is 2.22. The van der Waals surface area contributed by atoms with Crippen LogP contribution < -0.4 is 10.6 Å². The van der Waals surface area contributed by atoms with Gasteiger partial charge in [-0.3, -0.25) is 9.59 Å². The number of anilines is 1. The standard InChI is InChI=1S/C18H20N2O5S/c1-11(21)15-8-7-14(26-15)9-10-19-16(22)17(23)20-13-5-3-12(4-6-13)18(24)25-2/h3-8,11,21H,9-10H2,1-2H3,(H,19,22)(H,20,23)/t11-/m0/s1. The molecule has 0 aliphatic heterocycles. The minimum Gasteiger partial charge on any atom is -0.465 e. The van der Waals surface area contributed by atoms with Gasteiger partial charge in [0.15, 0.2) is 0 Å². The minimum atomic E-state index is -0.785. The highest BCUT2D eigenvalue weighted by Gasteiger charge is 2.14. The zero-order chi connectivity index (χ0) is 19.1. The lowest BCUT2D eigenvalue weighted by Gasteiger charge is -2.07. The summed E-state index contributed by atoms with van der Waals surface area (Å²) in [7, 11) is 1.28. The van der Waals surface area contributed by atoms with E-state index in [1.807, 2.05) is 12.1 Å². The highest BCUT2D eigenvalue weighted by molar-refractivity contribution is 7.12. The molecule has 0 saturated heterocycles. The average Bonchev–Trinajstić information content (AvgIpc) is 3.10. The maximum Gasteiger partial charge on any atom is 0.337 e. The molecule has 1 aromatic heterocycles. The lowest BCUT2D eigenvalue weighted by Crippen LogP contribution is -2.36. The summed E-state index contributed by atoms with van der Waals surface area (Å²) < 4.78 is 4.59. The van der Waals surface area contributed by atoms with Crippen LogP contribution in [-0.4, -0.2) is 36.5 Å². The Morgan fingerprint density at radius 2 is 1.81 bits per heavy atom. The van der Waals surface area contributed by atoms with Gasteiger partial charge in [-0.1, -0.05) is 0 Å². The zero-order valence-electron chi connectivity index (χ0n) is 14.4. The van der Waals surface area contributed by atoms with E-state index in [1.165, 1.54) is 42.7 Å². The smallest absolute Gasteiger partial charge is 0.337 e. The Hall–Kier alpha value is -2.71. The van der Waals surface area contributed by atoms with Gasteiger partial charge in [-0.05, 0) is 49.7 Å². The van der Waals surface area contributed by atoms with Crippen molar-refractivity contribution in [2.75, 3.05) is 19.0 Å². The molecule has 138 valence electrons. The fourth-order valence-corrected chi connectivity index (χ4v) is 3.08. The summed E-state index contributed by atoms with van der Waals surface area (Å²) in [6, 6.07) is 9.76.